The Hall–Kier alpha value is -2.73. The quantitative estimate of drug-likeness (QED) is 0.359. The molecule has 1 aliphatic heterocycles. The highest BCUT2D eigenvalue weighted by molar-refractivity contribution is 5.93. The first-order valence-electron chi connectivity index (χ1n) is 8.33. The summed E-state index contributed by atoms with van der Waals surface area (Å²) in [6.07, 6.45) is 7.31. The molecule has 2 atom stereocenters. The van der Waals surface area contributed by atoms with Crippen molar-refractivity contribution in [3.8, 4) is 0 Å². The molecule has 0 amide bonds. The molecule has 6 heteroatoms. The molecule has 0 spiro atoms. The normalized spacial score (nSPS) is 30.0. The number of hydrogen-bond donors (Lipinski definition) is 1. The van der Waals surface area contributed by atoms with E-state index in [2.05, 4.69) is 6.58 Å². The topological polar surface area (TPSA) is 89.9 Å². The maximum atomic E-state index is 12.2. The summed E-state index contributed by atoms with van der Waals surface area (Å²) in [5.41, 5.74) is 1.50. The monoisotopic (exact) mass is 358 g/mol. The summed E-state index contributed by atoms with van der Waals surface area (Å²) in [5.74, 6) is -1.82. The van der Waals surface area contributed by atoms with Crippen molar-refractivity contribution in [1.82, 2.24) is 0 Å². The minimum atomic E-state index is -0.756. The van der Waals surface area contributed by atoms with Gasteiger partial charge in [-0.15, -0.1) is 0 Å². The molecule has 1 fully saturated rings. The van der Waals surface area contributed by atoms with Crippen molar-refractivity contribution in [1.29, 1.82) is 0 Å². The number of esters is 2. The van der Waals surface area contributed by atoms with E-state index in [4.69, 9.17) is 9.47 Å². The third-order valence-corrected chi connectivity index (χ3v) is 4.37. The SMILES string of the molecule is C=C1C(=O)O[C@@H]2/C=C(/CO)CC/C=C(C=O)\C=C(/OC(=O)/C(C)=C\C)[C@@H]12. The van der Waals surface area contributed by atoms with Crippen LogP contribution in [0.25, 0.3) is 0 Å². The third kappa shape index (κ3) is 4.26. The van der Waals surface area contributed by atoms with Crippen LogP contribution in [0.15, 0.2) is 58.9 Å². The van der Waals surface area contributed by atoms with Gasteiger partial charge in [0.25, 0.3) is 0 Å². The Morgan fingerprint density at radius 3 is 2.85 bits per heavy atom. The molecule has 1 aliphatic carbocycles. The van der Waals surface area contributed by atoms with Crippen molar-refractivity contribution in [3.05, 3.63) is 58.9 Å². The number of aliphatic hydroxyl groups excluding tert-OH is 1. The van der Waals surface area contributed by atoms with Crippen LogP contribution in [0, 0.1) is 5.92 Å². The standard InChI is InChI=1S/C20H22O6/c1-4-12(2)19(23)25-16-8-14(10-21)6-5-7-15(11-22)9-17-18(16)13(3)20(24)26-17/h4,6,8-10,17-18,22H,3,5,7,11H2,1-2H3/b12-4-,14-6+,15-9+,16-8-/t17-,18-/m1/s1. The Kier molecular flexibility index (Phi) is 6.46. The van der Waals surface area contributed by atoms with Gasteiger partial charge < -0.3 is 14.6 Å². The lowest BCUT2D eigenvalue weighted by Gasteiger charge is -2.20. The van der Waals surface area contributed by atoms with Crippen LogP contribution in [0.1, 0.15) is 26.7 Å². The van der Waals surface area contributed by atoms with Gasteiger partial charge in [-0.3, -0.25) is 4.79 Å². The Morgan fingerprint density at radius 1 is 1.50 bits per heavy atom. The summed E-state index contributed by atoms with van der Waals surface area (Å²) in [6, 6.07) is 0. The second-order valence-corrected chi connectivity index (χ2v) is 6.12. The number of aldehydes is 1. The largest absolute Gasteiger partial charge is 0.454 e. The molecule has 1 heterocycles. The van der Waals surface area contributed by atoms with Crippen molar-refractivity contribution in [2.24, 2.45) is 5.92 Å². The number of aliphatic hydroxyl groups is 1. The summed E-state index contributed by atoms with van der Waals surface area (Å²) in [6.45, 7) is 6.86. The van der Waals surface area contributed by atoms with E-state index in [-0.39, 0.29) is 17.9 Å². The molecule has 0 aromatic carbocycles. The maximum Gasteiger partial charge on any atom is 0.338 e. The summed E-state index contributed by atoms with van der Waals surface area (Å²) in [7, 11) is 0. The molecule has 0 aromatic heterocycles. The number of carbonyl (C=O) groups excluding carboxylic acids is 3. The minimum absolute atomic E-state index is 0.117. The van der Waals surface area contributed by atoms with Gasteiger partial charge in [-0.1, -0.05) is 18.7 Å². The zero-order valence-corrected chi connectivity index (χ0v) is 14.9. The fourth-order valence-corrected chi connectivity index (χ4v) is 2.72. The first-order valence-corrected chi connectivity index (χ1v) is 8.33. The summed E-state index contributed by atoms with van der Waals surface area (Å²) >= 11 is 0. The second-order valence-electron chi connectivity index (χ2n) is 6.12. The zero-order valence-electron chi connectivity index (χ0n) is 14.9. The number of carbonyl (C=O) groups is 3. The Labute approximate surface area is 152 Å². The summed E-state index contributed by atoms with van der Waals surface area (Å²) < 4.78 is 10.8. The van der Waals surface area contributed by atoms with Gasteiger partial charge in [0.2, 0.25) is 0 Å². The van der Waals surface area contributed by atoms with Gasteiger partial charge in [0.1, 0.15) is 18.1 Å². The highest BCUT2D eigenvalue weighted by atomic mass is 16.6. The van der Waals surface area contributed by atoms with Crippen LogP contribution >= 0.6 is 0 Å². The van der Waals surface area contributed by atoms with Crippen LogP contribution in [-0.4, -0.2) is 36.0 Å². The highest BCUT2D eigenvalue weighted by Crippen LogP contribution is 2.36. The molecular formula is C20H22O6. The molecule has 26 heavy (non-hydrogen) atoms. The van der Waals surface area contributed by atoms with Gasteiger partial charge >= 0.3 is 11.9 Å². The highest BCUT2D eigenvalue weighted by Gasteiger charge is 2.42. The predicted octanol–water partition coefficient (Wildman–Crippen LogP) is 2.32. The average Bonchev–Trinajstić information content (AvgIpc) is 2.91. The van der Waals surface area contributed by atoms with Gasteiger partial charge in [-0.05, 0) is 44.4 Å². The predicted molar refractivity (Wildman–Crippen MR) is 94.7 cm³/mol. The molecule has 0 unspecified atom stereocenters. The first kappa shape index (κ1) is 19.6. The molecular weight excluding hydrogens is 336 g/mol. The molecule has 138 valence electrons. The van der Waals surface area contributed by atoms with Crippen LogP contribution in [0.4, 0.5) is 0 Å². The first-order chi connectivity index (χ1) is 12.4. The van der Waals surface area contributed by atoms with E-state index in [0.29, 0.717) is 35.8 Å². The van der Waals surface area contributed by atoms with Crippen LogP contribution in [-0.2, 0) is 23.9 Å². The van der Waals surface area contributed by atoms with E-state index in [1.54, 1.807) is 32.1 Å². The van der Waals surface area contributed by atoms with Gasteiger partial charge in [0, 0.05) is 16.7 Å². The molecule has 0 bridgehead atoms. The lowest BCUT2D eigenvalue weighted by Crippen LogP contribution is -2.22. The Morgan fingerprint density at radius 2 is 2.23 bits per heavy atom. The Bertz CT molecular complexity index is 750. The van der Waals surface area contributed by atoms with Crippen LogP contribution in [0.2, 0.25) is 0 Å². The van der Waals surface area contributed by atoms with Crippen molar-refractivity contribution in [3.63, 3.8) is 0 Å². The zero-order chi connectivity index (χ0) is 19.3. The maximum absolute atomic E-state index is 12.2. The Balaban J connectivity index is 2.55. The molecule has 0 radical (unpaired) electrons. The molecule has 1 saturated heterocycles. The van der Waals surface area contributed by atoms with E-state index < -0.39 is 24.0 Å². The van der Waals surface area contributed by atoms with Gasteiger partial charge in [0.15, 0.2) is 0 Å². The summed E-state index contributed by atoms with van der Waals surface area (Å²) in [5, 5.41) is 9.53. The van der Waals surface area contributed by atoms with Crippen molar-refractivity contribution in [2.45, 2.75) is 32.8 Å². The molecule has 2 aliphatic rings. The average molecular weight is 358 g/mol. The molecule has 6 nitrogen and oxygen atoms in total. The third-order valence-electron chi connectivity index (χ3n) is 4.37. The van der Waals surface area contributed by atoms with Crippen molar-refractivity contribution >= 4 is 18.2 Å². The lowest BCUT2D eigenvalue weighted by atomic mass is 9.90. The minimum Gasteiger partial charge on any atom is -0.454 e. The molecule has 2 rings (SSSR count). The number of hydrogen-bond acceptors (Lipinski definition) is 6. The fraction of sp³-hybridized carbons (Fsp3) is 0.350. The van der Waals surface area contributed by atoms with E-state index in [0.717, 1.165) is 0 Å². The number of fused-ring (bicyclic) bond motifs is 1. The van der Waals surface area contributed by atoms with Gasteiger partial charge in [-0.2, -0.15) is 0 Å². The van der Waals surface area contributed by atoms with Gasteiger partial charge in [-0.25, -0.2) is 9.59 Å². The van der Waals surface area contributed by atoms with Crippen molar-refractivity contribution in [2.75, 3.05) is 6.61 Å². The lowest BCUT2D eigenvalue weighted by molar-refractivity contribution is -0.137. The molecule has 1 N–H and O–H groups in total. The number of allylic oxidation sites excluding steroid dienone is 4. The van der Waals surface area contributed by atoms with E-state index >= 15 is 0 Å². The molecule has 0 aromatic rings. The van der Waals surface area contributed by atoms with Crippen molar-refractivity contribution < 1.29 is 29.0 Å². The smallest absolute Gasteiger partial charge is 0.338 e. The van der Waals surface area contributed by atoms with E-state index in [1.807, 2.05) is 0 Å². The van der Waals surface area contributed by atoms with E-state index in [1.165, 1.54) is 6.08 Å². The second kappa shape index (κ2) is 8.58. The van der Waals surface area contributed by atoms with Crippen LogP contribution in [0.3, 0.4) is 0 Å². The van der Waals surface area contributed by atoms with Crippen LogP contribution in [0.5, 0.6) is 0 Å². The fourth-order valence-electron chi connectivity index (χ4n) is 2.72. The van der Waals surface area contributed by atoms with Gasteiger partial charge in [0.05, 0.1) is 12.5 Å². The number of ether oxygens (including phenoxy) is 2. The summed E-state index contributed by atoms with van der Waals surface area (Å²) in [4.78, 5) is 35.6. The van der Waals surface area contributed by atoms with E-state index in [9.17, 15) is 19.5 Å². The van der Waals surface area contributed by atoms with Crippen LogP contribution < -0.4 is 0 Å². The molecule has 0 saturated carbocycles. The number of rotatable bonds is 4.